The maximum Gasteiger partial charge on any atom is 0.266 e. The number of hydrogen-bond acceptors (Lipinski definition) is 6. The summed E-state index contributed by atoms with van der Waals surface area (Å²) < 4.78 is 2.08. The smallest absolute Gasteiger partial charge is 0.266 e. The summed E-state index contributed by atoms with van der Waals surface area (Å²) in [6, 6.07) is 2.04. The van der Waals surface area contributed by atoms with Crippen molar-refractivity contribution in [2.24, 2.45) is 0 Å². The molecular weight excluding hydrogens is 372 g/mol. The summed E-state index contributed by atoms with van der Waals surface area (Å²) in [5.74, 6) is 0.684. The van der Waals surface area contributed by atoms with Crippen molar-refractivity contribution in [2.75, 3.05) is 6.54 Å². The van der Waals surface area contributed by atoms with Crippen molar-refractivity contribution < 1.29 is 4.79 Å². The van der Waals surface area contributed by atoms with E-state index < -0.39 is 0 Å². The van der Waals surface area contributed by atoms with Crippen LogP contribution in [0.15, 0.2) is 37.2 Å². The standard InChI is InChI=1S/C20H24N6OS/c1-2-16-17(28-19(24-16)18-22-8-5-9-23-18)20(27)26-11-4-3-6-15(26)7-12-25-13-10-21-14-25/h5,8-10,13-15H,2-4,6-7,11-12H2,1H3. The number of amides is 1. The van der Waals surface area contributed by atoms with Crippen LogP contribution in [0.1, 0.15) is 48.0 Å². The largest absolute Gasteiger partial charge is 0.337 e. The third-order valence-corrected chi connectivity index (χ3v) is 6.23. The summed E-state index contributed by atoms with van der Waals surface area (Å²) in [5.41, 5.74) is 0.844. The fourth-order valence-electron chi connectivity index (χ4n) is 3.68. The van der Waals surface area contributed by atoms with Crippen LogP contribution < -0.4 is 0 Å². The number of carbonyl (C=O) groups is 1. The monoisotopic (exact) mass is 396 g/mol. The van der Waals surface area contributed by atoms with Gasteiger partial charge in [0.25, 0.3) is 5.91 Å². The van der Waals surface area contributed by atoms with Crippen LogP contribution in [0.2, 0.25) is 0 Å². The minimum absolute atomic E-state index is 0.104. The number of thiazole rings is 1. The molecule has 3 aromatic heterocycles. The van der Waals surface area contributed by atoms with Crippen LogP contribution in [0.3, 0.4) is 0 Å². The quantitative estimate of drug-likeness (QED) is 0.638. The molecule has 7 nitrogen and oxygen atoms in total. The number of likely N-dealkylation sites (tertiary alicyclic amines) is 1. The number of aryl methyl sites for hydroxylation is 2. The van der Waals surface area contributed by atoms with E-state index in [2.05, 4.69) is 29.4 Å². The number of rotatable bonds is 6. The van der Waals surface area contributed by atoms with E-state index >= 15 is 0 Å². The van der Waals surface area contributed by atoms with Crippen molar-refractivity contribution in [3.8, 4) is 10.8 Å². The predicted octanol–water partition coefficient (Wildman–Crippen LogP) is 3.44. The zero-order chi connectivity index (χ0) is 19.3. The van der Waals surface area contributed by atoms with Crippen LogP contribution in [0, 0.1) is 0 Å². The molecule has 4 rings (SSSR count). The molecule has 0 N–H and O–H groups in total. The van der Waals surface area contributed by atoms with Crippen LogP contribution in [0.25, 0.3) is 10.8 Å². The van der Waals surface area contributed by atoms with Gasteiger partial charge in [-0.1, -0.05) is 6.92 Å². The van der Waals surface area contributed by atoms with Crippen molar-refractivity contribution in [3.05, 3.63) is 47.8 Å². The molecule has 1 saturated heterocycles. The molecule has 1 unspecified atom stereocenters. The molecule has 4 heterocycles. The molecule has 1 fully saturated rings. The lowest BCUT2D eigenvalue weighted by atomic mass is 9.98. The Morgan fingerprint density at radius 3 is 2.86 bits per heavy atom. The number of carbonyl (C=O) groups excluding carboxylic acids is 1. The van der Waals surface area contributed by atoms with Crippen LogP contribution >= 0.6 is 11.3 Å². The van der Waals surface area contributed by atoms with Gasteiger partial charge in [-0.05, 0) is 38.2 Å². The van der Waals surface area contributed by atoms with Crippen LogP contribution in [-0.4, -0.2) is 47.9 Å². The lowest BCUT2D eigenvalue weighted by Crippen LogP contribution is -2.44. The van der Waals surface area contributed by atoms with Crippen molar-refractivity contribution in [1.29, 1.82) is 0 Å². The molecule has 0 aromatic carbocycles. The van der Waals surface area contributed by atoms with Crippen LogP contribution in [0.4, 0.5) is 0 Å². The van der Waals surface area contributed by atoms with Gasteiger partial charge in [-0.25, -0.2) is 19.9 Å². The lowest BCUT2D eigenvalue weighted by Gasteiger charge is -2.35. The Morgan fingerprint density at radius 2 is 2.11 bits per heavy atom. The van der Waals surface area contributed by atoms with Gasteiger partial charge in [-0.3, -0.25) is 4.79 Å². The number of imidazole rings is 1. The summed E-state index contributed by atoms with van der Waals surface area (Å²) in [4.78, 5) is 33.6. The second kappa shape index (κ2) is 8.60. The van der Waals surface area contributed by atoms with E-state index in [4.69, 9.17) is 0 Å². The minimum Gasteiger partial charge on any atom is -0.337 e. The highest BCUT2D eigenvalue weighted by molar-refractivity contribution is 7.17. The van der Waals surface area contributed by atoms with Gasteiger partial charge in [0.15, 0.2) is 10.8 Å². The van der Waals surface area contributed by atoms with Gasteiger partial charge in [-0.15, -0.1) is 11.3 Å². The summed E-state index contributed by atoms with van der Waals surface area (Å²) in [6.45, 7) is 3.72. The number of aromatic nitrogens is 5. The topological polar surface area (TPSA) is 76.8 Å². The van der Waals surface area contributed by atoms with Gasteiger partial charge in [0.1, 0.15) is 4.88 Å². The maximum atomic E-state index is 13.4. The van der Waals surface area contributed by atoms with Gasteiger partial charge in [0, 0.05) is 43.9 Å². The van der Waals surface area contributed by atoms with Gasteiger partial charge in [-0.2, -0.15) is 0 Å². The first-order valence-electron chi connectivity index (χ1n) is 9.80. The number of hydrogen-bond donors (Lipinski definition) is 0. The Kier molecular flexibility index (Phi) is 5.76. The lowest BCUT2D eigenvalue weighted by molar-refractivity contribution is 0.0599. The maximum absolute atomic E-state index is 13.4. The third kappa shape index (κ3) is 3.96. The molecule has 1 atom stereocenters. The number of nitrogens with zero attached hydrogens (tertiary/aromatic N) is 6. The summed E-state index contributed by atoms with van der Waals surface area (Å²) in [6.07, 6.45) is 13.9. The van der Waals surface area contributed by atoms with Crippen molar-refractivity contribution in [2.45, 2.75) is 51.6 Å². The molecule has 1 aliphatic heterocycles. The predicted molar refractivity (Wildman–Crippen MR) is 108 cm³/mol. The molecule has 0 aliphatic carbocycles. The normalized spacial score (nSPS) is 17.0. The van der Waals surface area contributed by atoms with E-state index in [0.717, 1.165) is 49.3 Å². The molecule has 1 aliphatic rings. The van der Waals surface area contributed by atoms with Crippen molar-refractivity contribution >= 4 is 17.2 Å². The zero-order valence-corrected chi connectivity index (χ0v) is 16.8. The molecule has 8 heteroatoms. The zero-order valence-electron chi connectivity index (χ0n) is 16.0. The summed E-state index contributed by atoms with van der Waals surface area (Å²) in [5, 5.41) is 0.716. The Hall–Kier alpha value is -2.61. The SMILES string of the molecule is CCc1nc(-c2ncccn2)sc1C(=O)N1CCCCC1CCn1ccnc1. The second-order valence-electron chi connectivity index (χ2n) is 6.96. The molecule has 1 amide bonds. The highest BCUT2D eigenvalue weighted by Gasteiger charge is 2.30. The van der Waals surface area contributed by atoms with Crippen molar-refractivity contribution in [1.82, 2.24) is 29.4 Å². The molecule has 28 heavy (non-hydrogen) atoms. The van der Waals surface area contributed by atoms with E-state index in [1.165, 1.54) is 17.8 Å². The average molecular weight is 397 g/mol. The average Bonchev–Trinajstić information content (AvgIpc) is 3.42. The molecule has 3 aromatic rings. The van der Waals surface area contributed by atoms with Gasteiger partial charge >= 0.3 is 0 Å². The Labute approximate surface area is 168 Å². The summed E-state index contributed by atoms with van der Waals surface area (Å²) in [7, 11) is 0. The van der Waals surface area contributed by atoms with E-state index in [1.54, 1.807) is 24.7 Å². The first-order chi connectivity index (χ1) is 13.8. The van der Waals surface area contributed by atoms with E-state index in [0.29, 0.717) is 10.8 Å². The molecule has 0 radical (unpaired) electrons. The first kappa shape index (κ1) is 18.7. The van der Waals surface area contributed by atoms with E-state index in [1.807, 2.05) is 19.4 Å². The highest BCUT2D eigenvalue weighted by atomic mass is 32.1. The third-order valence-electron chi connectivity index (χ3n) is 5.15. The van der Waals surface area contributed by atoms with Gasteiger partial charge in [0.05, 0.1) is 12.0 Å². The Morgan fingerprint density at radius 1 is 1.25 bits per heavy atom. The van der Waals surface area contributed by atoms with Gasteiger partial charge < -0.3 is 9.47 Å². The Bertz CT molecular complexity index is 908. The fourth-order valence-corrected chi connectivity index (χ4v) is 4.74. The molecular formula is C20H24N6OS. The fraction of sp³-hybridized carbons (Fsp3) is 0.450. The summed E-state index contributed by atoms with van der Waals surface area (Å²) >= 11 is 1.41. The molecule has 0 saturated carbocycles. The second-order valence-corrected chi connectivity index (χ2v) is 7.96. The molecule has 146 valence electrons. The Balaban J connectivity index is 1.55. The minimum atomic E-state index is 0.104. The molecule has 0 spiro atoms. The molecule has 0 bridgehead atoms. The number of piperidine rings is 1. The van der Waals surface area contributed by atoms with Crippen LogP contribution in [0.5, 0.6) is 0 Å². The van der Waals surface area contributed by atoms with E-state index in [-0.39, 0.29) is 11.9 Å². The highest BCUT2D eigenvalue weighted by Crippen LogP contribution is 2.30. The van der Waals surface area contributed by atoms with Crippen LogP contribution in [-0.2, 0) is 13.0 Å². The van der Waals surface area contributed by atoms with Gasteiger partial charge in [0.2, 0.25) is 0 Å². The van der Waals surface area contributed by atoms with Crippen molar-refractivity contribution in [3.63, 3.8) is 0 Å². The first-order valence-corrected chi connectivity index (χ1v) is 10.6. The van der Waals surface area contributed by atoms with E-state index in [9.17, 15) is 4.79 Å².